The average molecular weight is 367 g/mol. The number of hydrogen-bond donors (Lipinski definition) is 0. The molecule has 0 aliphatic heterocycles. The minimum atomic E-state index is -0.577. The molecule has 2 atom stereocenters. The van der Waals surface area contributed by atoms with E-state index in [0.29, 0.717) is 18.2 Å². The van der Waals surface area contributed by atoms with E-state index in [9.17, 15) is 4.79 Å². The number of anilines is 1. The highest BCUT2D eigenvalue weighted by Gasteiger charge is 2.47. The summed E-state index contributed by atoms with van der Waals surface area (Å²) >= 11 is 0. The Hall–Kier alpha value is -2.53. The van der Waals surface area contributed by atoms with Crippen LogP contribution < -0.4 is 9.80 Å². The Bertz CT molecular complexity index is 817. The van der Waals surface area contributed by atoms with Gasteiger partial charge in [-0.05, 0) is 60.8 Å². The summed E-state index contributed by atoms with van der Waals surface area (Å²) in [6.07, 6.45) is 3.56. The van der Waals surface area contributed by atoms with Gasteiger partial charge in [-0.15, -0.1) is 0 Å². The van der Waals surface area contributed by atoms with E-state index in [1.807, 2.05) is 24.3 Å². The van der Waals surface area contributed by atoms with Crippen molar-refractivity contribution in [1.29, 1.82) is 0 Å². The maximum atomic E-state index is 11.9. The van der Waals surface area contributed by atoms with Gasteiger partial charge in [-0.1, -0.05) is 30.3 Å². The standard InChI is InChI=1S/C22H25NO4/c1-25-22(24)23(26-2)21-9-4-3-6-17(21)14-27-18-8-5-7-16(12-18)20-13-19(20)15-10-11-15/h3-9,12,15,19-20H,10-11,13-14H2,1-2H3. The molecule has 2 fully saturated rings. The van der Waals surface area contributed by atoms with Crippen molar-refractivity contribution in [1.82, 2.24) is 0 Å². The van der Waals surface area contributed by atoms with Gasteiger partial charge in [0.1, 0.15) is 12.4 Å². The van der Waals surface area contributed by atoms with E-state index in [2.05, 4.69) is 18.2 Å². The molecule has 5 nitrogen and oxygen atoms in total. The number of methoxy groups -OCH3 is 1. The molecule has 0 radical (unpaired) electrons. The van der Waals surface area contributed by atoms with Gasteiger partial charge >= 0.3 is 6.09 Å². The van der Waals surface area contributed by atoms with Crippen LogP contribution in [0.4, 0.5) is 10.5 Å². The minimum Gasteiger partial charge on any atom is -0.489 e. The van der Waals surface area contributed by atoms with E-state index in [1.165, 1.54) is 39.0 Å². The Labute approximate surface area is 159 Å². The van der Waals surface area contributed by atoms with E-state index in [1.54, 1.807) is 6.07 Å². The maximum absolute atomic E-state index is 11.9. The first-order valence-electron chi connectivity index (χ1n) is 9.44. The zero-order valence-electron chi connectivity index (χ0n) is 15.8. The molecule has 2 saturated carbocycles. The molecule has 2 unspecified atom stereocenters. The fraction of sp³-hybridized carbons (Fsp3) is 0.409. The molecule has 2 aliphatic rings. The Morgan fingerprint density at radius 1 is 1.11 bits per heavy atom. The summed E-state index contributed by atoms with van der Waals surface area (Å²) in [4.78, 5) is 17.1. The largest absolute Gasteiger partial charge is 0.489 e. The van der Waals surface area contributed by atoms with Crippen LogP contribution in [0, 0.1) is 11.8 Å². The Morgan fingerprint density at radius 2 is 1.93 bits per heavy atom. The molecular formula is C22H25NO4. The van der Waals surface area contributed by atoms with Crippen LogP contribution in [-0.2, 0) is 16.2 Å². The van der Waals surface area contributed by atoms with Gasteiger partial charge in [0.15, 0.2) is 0 Å². The third-order valence-corrected chi connectivity index (χ3v) is 5.48. The van der Waals surface area contributed by atoms with Crippen LogP contribution in [0.3, 0.4) is 0 Å². The van der Waals surface area contributed by atoms with Crippen LogP contribution in [0.5, 0.6) is 5.75 Å². The predicted molar refractivity (Wildman–Crippen MR) is 103 cm³/mol. The monoisotopic (exact) mass is 367 g/mol. The predicted octanol–water partition coefficient (Wildman–Crippen LogP) is 4.91. The second-order valence-corrected chi connectivity index (χ2v) is 7.28. The van der Waals surface area contributed by atoms with E-state index >= 15 is 0 Å². The molecule has 27 heavy (non-hydrogen) atoms. The average Bonchev–Trinajstić information content (AvgIpc) is 3.60. The molecular weight excluding hydrogens is 342 g/mol. The van der Waals surface area contributed by atoms with E-state index in [4.69, 9.17) is 14.3 Å². The zero-order valence-corrected chi connectivity index (χ0v) is 15.8. The number of para-hydroxylation sites is 1. The lowest BCUT2D eigenvalue weighted by atomic mass is 10.1. The molecule has 0 aromatic heterocycles. The number of rotatable bonds is 7. The van der Waals surface area contributed by atoms with E-state index < -0.39 is 6.09 Å². The highest BCUT2D eigenvalue weighted by molar-refractivity contribution is 5.86. The highest BCUT2D eigenvalue weighted by Crippen LogP contribution is 2.59. The lowest BCUT2D eigenvalue weighted by Crippen LogP contribution is -2.30. The van der Waals surface area contributed by atoms with Gasteiger partial charge in [-0.25, -0.2) is 4.79 Å². The molecule has 0 spiro atoms. The highest BCUT2D eigenvalue weighted by atomic mass is 16.7. The first kappa shape index (κ1) is 17.9. The van der Waals surface area contributed by atoms with Crippen LogP contribution >= 0.6 is 0 Å². The molecule has 2 aliphatic carbocycles. The number of carbonyl (C=O) groups excluding carboxylic acids is 1. The number of carbonyl (C=O) groups is 1. The van der Waals surface area contributed by atoms with Crippen molar-refractivity contribution >= 4 is 11.8 Å². The lowest BCUT2D eigenvalue weighted by molar-refractivity contribution is 0.115. The fourth-order valence-corrected chi connectivity index (χ4v) is 3.82. The smallest absolute Gasteiger partial charge is 0.438 e. The van der Waals surface area contributed by atoms with Gasteiger partial charge in [0, 0.05) is 5.56 Å². The molecule has 4 rings (SSSR count). The van der Waals surface area contributed by atoms with Gasteiger partial charge in [0.2, 0.25) is 0 Å². The van der Waals surface area contributed by atoms with Crippen molar-refractivity contribution in [2.24, 2.45) is 11.8 Å². The summed E-state index contributed by atoms with van der Waals surface area (Å²) in [5, 5.41) is 1.12. The van der Waals surface area contributed by atoms with Crippen LogP contribution in [0.1, 0.15) is 36.3 Å². The molecule has 5 heteroatoms. The molecule has 0 heterocycles. The summed E-state index contributed by atoms with van der Waals surface area (Å²) in [5.41, 5.74) is 2.84. The Balaban J connectivity index is 1.45. The van der Waals surface area contributed by atoms with Gasteiger partial charge in [0.05, 0.1) is 19.9 Å². The summed E-state index contributed by atoms with van der Waals surface area (Å²) in [5.74, 6) is 3.41. The molecule has 2 aromatic rings. The second kappa shape index (κ2) is 7.61. The number of amides is 1. The third kappa shape index (κ3) is 3.93. The summed E-state index contributed by atoms with van der Waals surface area (Å²) < 4.78 is 10.8. The molecule has 0 bridgehead atoms. The number of ether oxygens (including phenoxy) is 2. The Morgan fingerprint density at radius 3 is 2.67 bits per heavy atom. The third-order valence-electron chi connectivity index (χ3n) is 5.48. The summed E-state index contributed by atoms with van der Waals surface area (Å²) in [7, 11) is 2.76. The molecule has 142 valence electrons. The number of hydroxylamine groups is 1. The molecule has 1 amide bonds. The van der Waals surface area contributed by atoms with Crippen molar-refractivity contribution < 1.29 is 19.1 Å². The van der Waals surface area contributed by atoms with Gasteiger partial charge in [0.25, 0.3) is 0 Å². The fourth-order valence-electron chi connectivity index (χ4n) is 3.82. The molecule has 2 aromatic carbocycles. The van der Waals surface area contributed by atoms with Crippen LogP contribution in [-0.4, -0.2) is 20.3 Å². The SMILES string of the molecule is COC(=O)N(OC)c1ccccc1COc1cccc(C2CC2C2CC2)c1. The number of nitrogens with zero attached hydrogens (tertiary/aromatic N) is 1. The van der Waals surface area contributed by atoms with E-state index in [0.717, 1.165) is 28.2 Å². The van der Waals surface area contributed by atoms with Crippen molar-refractivity contribution in [3.63, 3.8) is 0 Å². The summed E-state index contributed by atoms with van der Waals surface area (Å²) in [6, 6.07) is 15.9. The van der Waals surface area contributed by atoms with Gasteiger partial charge in [-0.3, -0.25) is 4.84 Å². The van der Waals surface area contributed by atoms with Crippen molar-refractivity contribution in [2.75, 3.05) is 19.3 Å². The first-order valence-corrected chi connectivity index (χ1v) is 9.44. The minimum absolute atomic E-state index is 0.340. The van der Waals surface area contributed by atoms with Crippen molar-refractivity contribution in [2.45, 2.75) is 31.8 Å². The number of benzene rings is 2. The van der Waals surface area contributed by atoms with Crippen LogP contribution in [0.25, 0.3) is 0 Å². The topological polar surface area (TPSA) is 48.0 Å². The zero-order chi connectivity index (χ0) is 18.8. The van der Waals surface area contributed by atoms with Gasteiger partial charge < -0.3 is 9.47 Å². The lowest BCUT2D eigenvalue weighted by Gasteiger charge is -2.21. The van der Waals surface area contributed by atoms with Crippen molar-refractivity contribution in [3.05, 3.63) is 59.7 Å². The van der Waals surface area contributed by atoms with Crippen LogP contribution in [0.15, 0.2) is 48.5 Å². The number of hydrogen-bond acceptors (Lipinski definition) is 4. The second-order valence-electron chi connectivity index (χ2n) is 7.28. The van der Waals surface area contributed by atoms with Gasteiger partial charge in [-0.2, -0.15) is 5.06 Å². The molecule has 0 saturated heterocycles. The maximum Gasteiger partial charge on any atom is 0.438 e. The van der Waals surface area contributed by atoms with Crippen molar-refractivity contribution in [3.8, 4) is 5.75 Å². The first-order chi connectivity index (χ1) is 13.2. The normalized spacial score (nSPS) is 20.8. The van der Waals surface area contributed by atoms with Crippen LogP contribution in [0.2, 0.25) is 0 Å². The Kier molecular flexibility index (Phi) is 5.03. The molecule has 0 N–H and O–H groups in total. The summed E-state index contributed by atoms with van der Waals surface area (Å²) in [6.45, 7) is 0.340. The van der Waals surface area contributed by atoms with E-state index in [-0.39, 0.29) is 0 Å². The quantitative estimate of drug-likeness (QED) is 0.652.